The number of aliphatic imine (C=N–C) groups is 1. The molecule has 0 spiro atoms. The van der Waals surface area contributed by atoms with Crippen LogP contribution in [0.5, 0.6) is 0 Å². The number of hydrogen-bond acceptors (Lipinski definition) is 4. The Morgan fingerprint density at radius 2 is 1.86 bits per heavy atom. The first-order chi connectivity index (χ1) is 12.8. The molecule has 28 heavy (non-hydrogen) atoms. The van der Waals surface area contributed by atoms with Gasteiger partial charge in [0.25, 0.3) is 0 Å². The number of halogens is 1. The second-order valence-electron chi connectivity index (χ2n) is 8.35. The molecule has 0 aliphatic carbocycles. The molecule has 1 aliphatic rings. The van der Waals surface area contributed by atoms with Crippen molar-refractivity contribution in [3.05, 3.63) is 0 Å². The van der Waals surface area contributed by atoms with Crippen LogP contribution in [0.4, 0.5) is 0 Å². The molecular weight excluding hydrogens is 469 g/mol. The van der Waals surface area contributed by atoms with Crippen LogP contribution in [0.15, 0.2) is 4.99 Å². The van der Waals surface area contributed by atoms with E-state index in [0.717, 1.165) is 51.4 Å². The van der Waals surface area contributed by atoms with Gasteiger partial charge in [0, 0.05) is 39.3 Å². The van der Waals surface area contributed by atoms with Gasteiger partial charge in [0.05, 0.1) is 19.2 Å². The van der Waals surface area contributed by atoms with Gasteiger partial charge in [0.1, 0.15) is 0 Å². The van der Waals surface area contributed by atoms with Crippen LogP contribution >= 0.6 is 24.0 Å². The Bertz CT molecular complexity index is 460. The van der Waals surface area contributed by atoms with Gasteiger partial charge in [0.15, 0.2) is 5.96 Å². The van der Waals surface area contributed by atoms with E-state index in [4.69, 9.17) is 9.73 Å². The molecule has 1 heterocycles. The van der Waals surface area contributed by atoms with Gasteiger partial charge in [-0.3, -0.25) is 14.7 Å². The number of hydrogen-bond donors (Lipinski definition) is 3. The third-order valence-corrected chi connectivity index (χ3v) is 4.88. The zero-order valence-corrected chi connectivity index (χ0v) is 21.0. The fourth-order valence-corrected chi connectivity index (χ4v) is 3.15. The molecule has 0 saturated carbocycles. The Kier molecular flexibility index (Phi) is 14.1. The highest BCUT2D eigenvalue weighted by Crippen LogP contribution is 2.21. The Morgan fingerprint density at radius 1 is 1.21 bits per heavy atom. The molecule has 1 amide bonds. The van der Waals surface area contributed by atoms with Crippen LogP contribution in [-0.4, -0.2) is 75.3 Å². The number of rotatable bonds is 9. The lowest BCUT2D eigenvalue weighted by molar-refractivity contribution is -0.122. The number of piperidine rings is 1. The summed E-state index contributed by atoms with van der Waals surface area (Å²) in [6.07, 6.45) is 3.08. The third kappa shape index (κ3) is 10.8. The second-order valence-corrected chi connectivity index (χ2v) is 8.35. The predicted octanol–water partition coefficient (Wildman–Crippen LogP) is 2.21. The first-order valence-corrected chi connectivity index (χ1v) is 10.4. The van der Waals surface area contributed by atoms with Crippen molar-refractivity contribution in [2.24, 2.45) is 10.4 Å². The summed E-state index contributed by atoms with van der Waals surface area (Å²) in [5.74, 6) is 0.980. The van der Waals surface area contributed by atoms with Crippen LogP contribution in [-0.2, 0) is 9.53 Å². The molecule has 0 aromatic carbocycles. The van der Waals surface area contributed by atoms with Gasteiger partial charge in [-0.1, -0.05) is 27.7 Å². The van der Waals surface area contributed by atoms with Crippen LogP contribution < -0.4 is 16.0 Å². The minimum absolute atomic E-state index is 0. The van der Waals surface area contributed by atoms with Gasteiger partial charge < -0.3 is 20.7 Å². The molecule has 0 bridgehead atoms. The maximum atomic E-state index is 11.9. The number of carbonyl (C=O) groups excluding carboxylic acids is 1. The zero-order chi connectivity index (χ0) is 20.3. The number of ether oxygens (including phenoxy) is 1. The minimum Gasteiger partial charge on any atom is -0.379 e. The summed E-state index contributed by atoms with van der Waals surface area (Å²) >= 11 is 0. The van der Waals surface area contributed by atoms with E-state index in [1.54, 1.807) is 7.11 Å². The highest BCUT2D eigenvalue weighted by Gasteiger charge is 2.25. The highest BCUT2D eigenvalue weighted by atomic mass is 127. The molecule has 3 N–H and O–H groups in total. The number of methoxy groups -OCH3 is 1. The molecule has 0 aromatic rings. The van der Waals surface area contributed by atoms with Crippen molar-refractivity contribution in [1.29, 1.82) is 0 Å². The maximum Gasteiger partial charge on any atom is 0.234 e. The molecule has 1 atom stereocenters. The van der Waals surface area contributed by atoms with Crippen molar-refractivity contribution in [3.8, 4) is 0 Å². The topological polar surface area (TPSA) is 78.0 Å². The van der Waals surface area contributed by atoms with Gasteiger partial charge in [0.2, 0.25) is 5.91 Å². The molecule has 1 aliphatic heterocycles. The van der Waals surface area contributed by atoms with Crippen LogP contribution in [0, 0.1) is 5.41 Å². The van der Waals surface area contributed by atoms with E-state index in [1.807, 2.05) is 0 Å². The molecule has 8 heteroatoms. The van der Waals surface area contributed by atoms with Crippen molar-refractivity contribution >= 4 is 35.8 Å². The summed E-state index contributed by atoms with van der Waals surface area (Å²) in [5.41, 5.74) is 0.0548. The summed E-state index contributed by atoms with van der Waals surface area (Å²) in [7, 11) is 1.75. The van der Waals surface area contributed by atoms with E-state index in [-0.39, 0.29) is 41.4 Å². The summed E-state index contributed by atoms with van der Waals surface area (Å²) in [6, 6.07) is 0.383. The lowest BCUT2D eigenvalue weighted by Gasteiger charge is -2.33. The first kappa shape index (κ1) is 27.4. The van der Waals surface area contributed by atoms with E-state index in [0.29, 0.717) is 19.1 Å². The summed E-state index contributed by atoms with van der Waals surface area (Å²) < 4.78 is 5.61. The maximum absolute atomic E-state index is 11.9. The largest absolute Gasteiger partial charge is 0.379 e. The molecule has 1 rings (SSSR count). The van der Waals surface area contributed by atoms with E-state index < -0.39 is 0 Å². The van der Waals surface area contributed by atoms with Crippen molar-refractivity contribution in [2.75, 3.05) is 46.4 Å². The molecule has 1 fully saturated rings. The van der Waals surface area contributed by atoms with Gasteiger partial charge in [-0.25, -0.2) is 0 Å². The van der Waals surface area contributed by atoms with Crippen LogP contribution in [0.1, 0.15) is 53.9 Å². The number of nitrogens with one attached hydrogen (secondary N) is 3. The molecular formula is C20H42IN5O2. The number of carbonyl (C=O) groups is 1. The van der Waals surface area contributed by atoms with Crippen LogP contribution in [0.3, 0.4) is 0 Å². The molecule has 7 nitrogen and oxygen atoms in total. The fourth-order valence-electron chi connectivity index (χ4n) is 3.15. The molecule has 1 unspecified atom stereocenters. The fraction of sp³-hybridized carbons (Fsp3) is 0.900. The number of likely N-dealkylation sites (tertiary alicyclic amines) is 1. The Labute approximate surface area is 188 Å². The highest BCUT2D eigenvalue weighted by molar-refractivity contribution is 14.0. The molecule has 0 radical (unpaired) electrons. The average Bonchev–Trinajstić information content (AvgIpc) is 2.61. The lowest BCUT2D eigenvalue weighted by Crippen LogP contribution is -2.50. The van der Waals surface area contributed by atoms with Gasteiger partial charge in [-0.15, -0.1) is 24.0 Å². The van der Waals surface area contributed by atoms with E-state index in [1.165, 1.54) is 0 Å². The second kappa shape index (κ2) is 14.4. The van der Waals surface area contributed by atoms with Crippen LogP contribution in [0.2, 0.25) is 0 Å². The molecule has 1 saturated heterocycles. The Balaban J connectivity index is 0.00000729. The van der Waals surface area contributed by atoms with Crippen LogP contribution in [0.25, 0.3) is 0 Å². The van der Waals surface area contributed by atoms with Crippen molar-refractivity contribution in [3.63, 3.8) is 0 Å². The number of nitrogens with zero attached hydrogens (tertiary/aromatic N) is 2. The lowest BCUT2D eigenvalue weighted by atomic mass is 9.89. The van der Waals surface area contributed by atoms with Crippen molar-refractivity contribution in [2.45, 2.75) is 66.0 Å². The summed E-state index contributed by atoms with van der Waals surface area (Å²) in [5, 5.41) is 9.83. The zero-order valence-electron chi connectivity index (χ0n) is 18.6. The van der Waals surface area contributed by atoms with Gasteiger partial charge in [-0.05, 0) is 31.6 Å². The molecule has 0 aromatic heterocycles. The average molecular weight is 511 g/mol. The molecule has 166 valence electrons. The first-order valence-electron chi connectivity index (χ1n) is 10.4. The van der Waals surface area contributed by atoms with E-state index >= 15 is 0 Å². The van der Waals surface area contributed by atoms with Crippen molar-refractivity contribution in [1.82, 2.24) is 20.9 Å². The Hall–Kier alpha value is -0.610. The SMILES string of the molecule is CCCNC(=O)CN1CCC(NC(=NCC(OC)C(C)(C)C)NCC)CC1.I. The number of amides is 1. The summed E-state index contributed by atoms with van der Waals surface area (Å²) in [4.78, 5) is 18.8. The monoisotopic (exact) mass is 511 g/mol. The predicted molar refractivity (Wildman–Crippen MR) is 128 cm³/mol. The standard InChI is InChI=1S/C20H41N5O2.HI/c1-7-11-22-18(26)15-25-12-9-16(10-13-25)24-19(21-8-2)23-14-17(27-6)20(3,4)5;/h16-17H,7-15H2,1-6H3,(H,22,26)(H2,21,23,24);1H. The number of guanidine groups is 1. The summed E-state index contributed by atoms with van der Waals surface area (Å²) in [6.45, 7) is 15.2. The van der Waals surface area contributed by atoms with Crippen molar-refractivity contribution < 1.29 is 9.53 Å². The quantitative estimate of drug-likeness (QED) is 0.252. The van der Waals surface area contributed by atoms with E-state index in [9.17, 15) is 4.79 Å². The minimum atomic E-state index is 0. The normalized spacial score (nSPS) is 17.6. The van der Waals surface area contributed by atoms with E-state index in [2.05, 4.69) is 55.5 Å². The Morgan fingerprint density at radius 3 is 2.36 bits per heavy atom. The van der Waals surface area contributed by atoms with Gasteiger partial charge in [-0.2, -0.15) is 0 Å². The third-order valence-electron chi connectivity index (χ3n) is 4.88. The van der Waals surface area contributed by atoms with Gasteiger partial charge >= 0.3 is 0 Å². The smallest absolute Gasteiger partial charge is 0.234 e.